The Labute approximate surface area is 119 Å². The van der Waals surface area contributed by atoms with Crippen molar-refractivity contribution in [1.29, 1.82) is 0 Å². The molecule has 0 bridgehead atoms. The quantitative estimate of drug-likeness (QED) is 0.740. The van der Waals surface area contributed by atoms with Crippen LogP contribution in [0.15, 0.2) is 30.3 Å². The zero-order valence-electron chi connectivity index (χ0n) is 12.8. The van der Waals surface area contributed by atoms with E-state index in [4.69, 9.17) is 5.73 Å². The molecule has 0 heterocycles. The van der Waals surface area contributed by atoms with Gasteiger partial charge in [-0.1, -0.05) is 57.5 Å². The van der Waals surface area contributed by atoms with E-state index in [0.29, 0.717) is 6.04 Å². The monoisotopic (exact) mass is 262 g/mol. The third-order valence-electron chi connectivity index (χ3n) is 4.05. The van der Waals surface area contributed by atoms with Crippen LogP contribution < -0.4 is 5.73 Å². The second-order valence-corrected chi connectivity index (χ2v) is 5.51. The minimum absolute atomic E-state index is 0.513. The summed E-state index contributed by atoms with van der Waals surface area (Å²) < 4.78 is 0. The number of likely N-dealkylation sites (N-methyl/N-ethyl adjacent to an activating group) is 1. The number of aryl methyl sites for hydroxylation is 1. The van der Waals surface area contributed by atoms with Crippen LogP contribution in [0.4, 0.5) is 0 Å². The van der Waals surface area contributed by atoms with Crippen molar-refractivity contribution < 1.29 is 0 Å². The van der Waals surface area contributed by atoms with Gasteiger partial charge in [-0.25, -0.2) is 0 Å². The number of nitrogens with two attached hydrogens (primary N) is 1. The summed E-state index contributed by atoms with van der Waals surface area (Å²) >= 11 is 0. The average molecular weight is 262 g/mol. The molecule has 0 saturated heterocycles. The summed E-state index contributed by atoms with van der Waals surface area (Å²) in [5.74, 6) is 0.755. The number of benzene rings is 1. The first-order valence-corrected chi connectivity index (χ1v) is 7.69. The van der Waals surface area contributed by atoms with Crippen molar-refractivity contribution in [2.75, 3.05) is 19.6 Å². The van der Waals surface area contributed by atoms with Gasteiger partial charge < -0.3 is 5.73 Å². The lowest BCUT2D eigenvalue weighted by Crippen LogP contribution is -2.43. The zero-order chi connectivity index (χ0) is 14.1. The largest absolute Gasteiger partial charge is 0.329 e. The van der Waals surface area contributed by atoms with Crippen molar-refractivity contribution in [3.63, 3.8) is 0 Å². The van der Waals surface area contributed by atoms with Crippen LogP contribution in [-0.4, -0.2) is 30.6 Å². The van der Waals surface area contributed by atoms with Crippen molar-refractivity contribution in [1.82, 2.24) is 4.90 Å². The molecule has 1 aromatic carbocycles. The van der Waals surface area contributed by atoms with Gasteiger partial charge in [0.1, 0.15) is 0 Å². The Kier molecular flexibility index (Phi) is 7.76. The molecule has 1 rings (SSSR count). The molecule has 0 aliphatic rings. The molecule has 0 amide bonds. The van der Waals surface area contributed by atoms with Gasteiger partial charge in [0.2, 0.25) is 0 Å². The van der Waals surface area contributed by atoms with Gasteiger partial charge in [0.15, 0.2) is 0 Å². The number of hydrogen-bond acceptors (Lipinski definition) is 2. The van der Waals surface area contributed by atoms with Gasteiger partial charge in [0.05, 0.1) is 0 Å². The minimum Gasteiger partial charge on any atom is -0.329 e. The predicted octanol–water partition coefficient (Wildman–Crippen LogP) is 3.31. The van der Waals surface area contributed by atoms with E-state index in [9.17, 15) is 0 Å². The van der Waals surface area contributed by atoms with Gasteiger partial charge in [0.25, 0.3) is 0 Å². The Morgan fingerprint density at radius 2 is 1.84 bits per heavy atom. The highest BCUT2D eigenvalue weighted by Crippen LogP contribution is 2.12. The minimum atomic E-state index is 0.513. The summed E-state index contributed by atoms with van der Waals surface area (Å²) in [6.07, 6.45) is 3.52. The van der Waals surface area contributed by atoms with Crippen molar-refractivity contribution in [3.8, 4) is 0 Å². The molecule has 0 saturated carbocycles. The Balaban J connectivity index is 2.50. The van der Waals surface area contributed by atoms with Crippen LogP contribution in [0.25, 0.3) is 0 Å². The van der Waals surface area contributed by atoms with Gasteiger partial charge in [-0.05, 0) is 30.9 Å². The van der Waals surface area contributed by atoms with E-state index in [2.05, 4.69) is 56.0 Å². The number of hydrogen-bond donors (Lipinski definition) is 1. The molecule has 108 valence electrons. The molecular formula is C17H30N2. The molecule has 2 heteroatoms. The van der Waals surface area contributed by atoms with E-state index < -0.39 is 0 Å². The summed E-state index contributed by atoms with van der Waals surface area (Å²) in [5.41, 5.74) is 7.41. The van der Waals surface area contributed by atoms with Crippen LogP contribution >= 0.6 is 0 Å². The van der Waals surface area contributed by atoms with E-state index in [1.807, 2.05) is 0 Å². The highest BCUT2D eigenvalue weighted by atomic mass is 15.2. The smallest absolute Gasteiger partial charge is 0.0221 e. The van der Waals surface area contributed by atoms with E-state index >= 15 is 0 Å². The zero-order valence-corrected chi connectivity index (χ0v) is 12.8. The first-order valence-electron chi connectivity index (χ1n) is 7.69. The second kappa shape index (κ2) is 9.11. The van der Waals surface area contributed by atoms with E-state index in [1.165, 1.54) is 18.5 Å². The molecule has 19 heavy (non-hydrogen) atoms. The standard InChI is InChI=1S/C17H30N2/c1-4-15(3)14-19(5-2)17(13-18)12-11-16-9-7-6-8-10-16/h6-10,15,17H,4-5,11-14,18H2,1-3H3. The Morgan fingerprint density at radius 3 is 2.37 bits per heavy atom. The topological polar surface area (TPSA) is 29.3 Å². The molecule has 2 atom stereocenters. The van der Waals surface area contributed by atoms with Crippen molar-refractivity contribution >= 4 is 0 Å². The lowest BCUT2D eigenvalue weighted by atomic mass is 10.0. The van der Waals surface area contributed by atoms with Gasteiger partial charge in [0, 0.05) is 19.1 Å². The summed E-state index contributed by atoms with van der Waals surface area (Å²) in [6, 6.07) is 11.2. The van der Waals surface area contributed by atoms with Crippen LogP contribution in [0, 0.1) is 5.92 Å². The molecule has 1 aromatic rings. The fraction of sp³-hybridized carbons (Fsp3) is 0.647. The molecule has 0 fully saturated rings. The van der Waals surface area contributed by atoms with Crippen LogP contribution in [0.1, 0.15) is 39.2 Å². The van der Waals surface area contributed by atoms with Gasteiger partial charge >= 0.3 is 0 Å². The molecule has 2 N–H and O–H groups in total. The molecule has 0 aromatic heterocycles. The van der Waals surface area contributed by atoms with Crippen LogP contribution in [0.5, 0.6) is 0 Å². The Morgan fingerprint density at radius 1 is 1.16 bits per heavy atom. The summed E-state index contributed by atoms with van der Waals surface area (Å²) in [5, 5.41) is 0. The molecule has 0 aliphatic carbocycles. The van der Waals surface area contributed by atoms with E-state index in [0.717, 1.165) is 31.8 Å². The summed E-state index contributed by atoms with van der Waals surface area (Å²) in [4.78, 5) is 2.55. The Bertz CT molecular complexity index is 323. The molecule has 0 radical (unpaired) electrons. The molecule has 2 nitrogen and oxygen atoms in total. The highest BCUT2D eigenvalue weighted by Gasteiger charge is 2.17. The maximum absolute atomic E-state index is 5.99. The highest BCUT2D eigenvalue weighted by molar-refractivity contribution is 5.14. The average Bonchev–Trinajstić information content (AvgIpc) is 2.47. The van der Waals surface area contributed by atoms with Gasteiger partial charge in [-0.15, -0.1) is 0 Å². The van der Waals surface area contributed by atoms with Crippen molar-refractivity contribution in [2.24, 2.45) is 11.7 Å². The van der Waals surface area contributed by atoms with Crippen LogP contribution in [0.2, 0.25) is 0 Å². The van der Waals surface area contributed by atoms with Crippen LogP contribution in [-0.2, 0) is 6.42 Å². The molecule has 0 spiro atoms. The van der Waals surface area contributed by atoms with Gasteiger partial charge in [-0.3, -0.25) is 4.90 Å². The van der Waals surface area contributed by atoms with E-state index in [1.54, 1.807) is 0 Å². The molecule has 2 unspecified atom stereocenters. The number of rotatable bonds is 9. The first kappa shape index (κ1) is 16.2. The maximum atomic E-state index is 5.99. The summed E-state index contributed by atoms with van der Waals surface area (Å²) in [6.45, 7) is 9.86. The third-order valence-corrected chi connectivity index (χ3v) is 4.05. The fourth-order valence-corrected chi connectivity index (χ4v) is 2.49. The third kappa shape index (κ3) is 5.75. The lowest BCUT2D eigenvalue weighted by Gasteiger charge is -2.32. The first-order chi connectivity index (χ1) is 9.21. The number of nitrogens with zero attached hydrogens (tertiary/aromatic N) is 1. The lowest BCUT2D eigenvalue weighted by molar-refractivity contribution is 0.173. The predicted molar refractivity (Wildman–Crippen MR) is 84.3 cm³/mol. The maximum Gasteiger partial charge on any atom is 0.0221 e. The Hall–Kier alpha value is -0.860. The molecular weight excluding hydrogens is 232 g/mol. The fourth-order valence-electron chi connectivity index (χ4n) is 2.49. The van der Waals surface area contributed by atoms with Crippen LogP contribution in [0.3, 0.4) is 0 Å². The SMILES string of the molecule is CCC(C)CN(CC)C(CN)CCc1ccccc1. The van der Waals surface area contributed by atoms with Crippen molar-refractivity contribution in [2.45, 2.75) is 46.1 Å². The van der Waals surface area contributed by atoms with E-state index in [-0.39, 0.29) is 0 Å². The summed E-state index contributed by atoms with van der Waals surface area (Å²) in [7, 11) is 0. The van der Waals surface area contributed by atoms with Crippen molar-refractivity contribution in [3.05, 3.63) is 35.9 Å². The normalized spacial score (nSPS) is 14.6. The van der Waals surface area contributed by atoms with Gasteiger partial charge in [-0.2, -0.15) is 0 Å². The second-order valence-electron chi connectivity index (χ2n) is 5.51. The molecule has 0 aliphatic heterocycles.